The molecule has 0 bridgehead atoms. The van der Waals surface area contributed by atoms with Crippen molar-refractivity contribution in [2.75, 3.05) is 7.11 Å². The second kappa shape index (κ2) is 9.50. The van der Waals surface area contributed by atoms with Crippen LogP contribution in [0.5, 0.6) is 11.5 Å². The van der Waals surface area contributed by atoms with Gasteiger partial charge < -0.3 is 9.47 Å². The number of methoxy groups -OCH3 is 1. The van der Waals surface area contributed by atoms with E-state index in [4.69, 9.17) is 9.47 Å². The number of ether oxygens (including phenoxy) is 2. The van der Waals surface area contributed by atoms with E-state index in [2.05, 4.69) is 22.6 Å². The van der Waals surface area contributed by atoms with Crippen LogP contribution in [-0.4, -0.2) is 12.9 Å². The van der Waals surface area contributed by atoms with E-state index >= 15 is 0 Å². The standard InChI is InChI=1S/C23H18FIO3/c1-27-23-13-3-16(2-12-22(26)17-4-6-19(24)7-5-17)14-18(23)15-28-21-10-8-20(25)9-11-21/h2-14H,15H2,1H3/b12-2+. The number of carbonyl (C=O) groups excluding carboxylic acids is 1. The summed E-state index contributed by atoms with van der Waals surface area (Å²) in [5, 5.41) is 0. The Kier molecular flexibility index (Phi) is 6.81. The SMILES string of the molecule is COc1ccc(/C=C/C(=O)c2ccc(F)cc2)cc1COc1ccc(I)cc1. The molecule has 3 aromatic rings. The maximum Gasteiger partial charge on any atom is 0.185 e. The Labute approximate surface area is 176 Å². The molecule has 0 heterocycles. The van der Waals surface area contributed by atoms with E-state index < -0.39 is 0 Å². The fraction of sp³-hybridized carbons (Fsp3) is 0.0870. The van der Waals surface area contributed by atoms with Crippen LogP contribution in [0.1, 0.15) is 21.5 Å². The normalized spacial score (nSPS) is 10.8. The Morgan fingerprint density at radius 3 is 2.43 bits per heavy atom. The highest BCUT2D eigenvalue weighted by Crippen LogP contribution is 2.23. The summed E-state index contributed by atoms with van der Waals surface area (Å²) in [6.45, 7) is 0.345. The zero-order valence-corrected chi connectivity index (χ0v) is 17.4. The summed E-state index contributed by atoms with van der Waals surface area (Å²) in [5.41, 5.74) is 2.16. The summed E-state index contributed by atoms with van der Waals surface area (Å²) in [6.07, 6.45) is 3.19. The molecule has 0 aliphatic carbocycles. The maximum atomic E-state index is 13.0. The van der Waals surface area contributed by atoms with Gasteiger partial charge in [0.05, 0.1) is 7.11 Å². The Bertz CT molecular complexity index is 980. The minimum absolute atomic E-state index is 0.187. The number of hydrogen-bond acceptors (Lipinski definition) is 3. The molecule has 142 valence electrons. The third-order valence-electron chi connectivity index (χ3n) is 4.07. The summed E-state index contributed by atoms with van der Waals surface area (Å²) >= 11 is 2.24. The molecule has 0 atom stereocenters. The van der Waals surface area contributed by atoms with Crippen molar-refractivity contribution in [1.29, 1.82) is 0 Å². The van der Waals surface area contributed by atoms with E-state index in [9.17, 15) is 9.18 Å². The van der Waals surface area contributed by atoms with Crippen LogP contribution in [0.25, 0.3) is 6.08 Å². The molecule has 5 heteroatoms. The van der Waals surface area contributed by atoms with Gasteiger partial charge in [0.25, 0.3) is 0 Å². The molecule has 28 heavy (non-hydrogen) atoms. The highest BCUT2D eigenvalue weighted by Gasteiger charge is 2.06. The summed E-state index contributed by atoms with van der Waals surface area (Å²) in [7, 11) is 1.61. The van der Waals surface area contributed by atoms with Crippen molar-refractivity contribution in [2.24, 2.45) is 0 Å². The minimum atomic E-state index is -0.367. The van der Waals surface area contributed by atoms with E-state index in [1.807, 2.05) is 42.5 Å². The van der Waals surface area contributed by atoms with Crippen LogP contribution in [0.15, 0.2) is 72.8 Å². The number of benzene rings is 3. The smallest absolute Gasteiger partial charge is 0.185 e. The molecular formula is C23H18FIO3. The van der Waals surface area contributed by atoms with Crippen molar-refractivity contribution in [3.63, 3.8) is 0 Å². The highest BCUT2D eigenvalue weighted by molar-refractivity contribution is 14.1. The van der Waals surface area contributed by atoms with Crippen molar-refractivity contribution in [2.45, 2.75) is 6.61 Å². The van der Waals surface area contributed by atoms with Crippen LogP contribution in [0.4, 0.5) is 4.39 Å². The van der Waals surface area contributed by atoms with Crippen LogP contribution in [0.3, 0.4) is 0 Å². The van der Waals surface area contributed by atoms with Gasteiger partial charge >= 0.3 is 0 Å². The molecule has 3 rings (SSSR count). The zero-order valence-electron chi connectivity index (χ0n) is 15.2. The molecule has 0 aliphatic heterocycles. The quantitative estimate of drug-likeness (QED) is 0.236. The largest absolute Gasteiger partial charge is 0.496 e. The molecule has 0 unspecified atom stereocenters. The van der Waals surface area contributed by atoms with Gasteiger partial charge in [0.1, 0.15) is 23.9 Å². The number of hydrogen-bond donors (Lipinski definition) is 0. The van der Waals surface area contributed by atoms with Crippen molar-refractivity contribution >= 4 is 34.5 Å². The van der Waals surface area contributed by atoms with E-state index in [0.717, 1.165) is 20.4 Å². The van der Waals surface area contributed by atoms with E-state index in [-0.39, 0.29) is 11.6 Å². The fourth-order valence-corrected chi connectivity index (χ4v) is 2.95. The van der Waals surface area contributed by atoms with Gasteiger partial charge in [0, 0.05) is 14.7 Å². The van der Waals surface area contributed by atoms with Gasteiger partial charge in [-0.1, -0.05) is 12.1 Å². The summed E-state index contributed by atoms with van der Waals surface area (Å²) in [4.78, 5) is 12.2. The number of rotatable bonds is 7. The van der Waals surface area contributed by atoms with Crippen LogP contribution < -0.4 is 9.47 Å². The van der Waals surface area contributed by atoms with Gasteiger partial charge in [-0.25, -0.2) is 4.39 Å². The van der Waals surface area contributed by atoms with E-state index in [0.29, 0.717) is 17.9 Å². The molecule has 0 saturated carbocycles. The van der Waals surface area contributed by atoms with Gasteiger partial charge in [0.15, 0.2) is 5.78 Å². The molecule has 0 N–H and O–H groups in total. The molecule has 0 radical (unpaired) electrons. The number of carbonyl (C=O) groups is 1. The predicted octanol–water partition coefficient (Wildman–Crippen LogP) is 5.91. The summed E-state index contributed by atoms with van der Waals surface area (Å²) < 4.78 is 25.4. The lowest BCUT2D eigenvalue weighted by atomic mass is 10.1. The number of allylic oxidation sites excluding steroid dienone is 1. The molecule has 0 fully saturated rings. The zero-order chi connectivity index (χ0) is 19.9. The van der Waals surface area contributed by atoms with Gasteiger partial charge in [-0.15, -0.1) is 0 Å². The highest BCUT2D eigenvalue weighted by atomic mass is 127. The lowest BCUT2D eigenvalue weighted by molar-refractivity contribution is 0.104. The van der Waals surface area contributed by atoms with Crippen molar-refractivity contribution < 1.29 is 18.7 Å². The Morgan fingerprint density at radius 1 is 1.04 bits per heavy atom. The second-order valence-corrected chi connectivity index (χ2v) is 7.26. The predicted molar refractivity (Wildman–Crippen MR) is 116 cm³/mol. The summed E-state index contributed by atoms with van der Waals surface area (Å²) in [6, 6.07) is 18.9. The number of ketones is 1. The molecule has 3 aromatic carbocycles. The average Bonchev–Trinajstić information content (AvgIpc) is 2.72. The van der Waals surface area contributed by atoms with Gasteiger partial charge in [0.2, 0.25) is 0 Å². The van der Waals surface area contributed by atoms with Crippen LogP contribution in [-0.2, 0) is 6.61 Å². The topological polar surface area (TPSA) is 35.5 Å². The second-order valence-electron chi connectivity index (χ2n) is 6.02. The van der Waals surface area contributed by atoms with Crippen molar-refractivity contribution in [1.82, 2.24) is 0 Å². The Hall–Kier alpha value is -2.67. The van der Waals surface area contributed by atoms with E-state index in [1.54, 1.807) is 13.2 Å². The first-order valence-electron chi connectivity index (χ1n) is 8.58. The van der Waals surface area contributed by atoms with Crippen LogP contribution >= 0.6 is 22.6 Å². The molecule has 0 spiro atoms. The van der Waals surface area contributed by atoms with Gasteiger partial charge in [-0.2, -0.15) is 0 Å². The molecule has 0 aliphatic rings. The lowest BCUT2D eigenvalue weighted by Crippen LogP contribution is -1.99. The first-order valence-corrected chi connectivity index (χ1v) is 9.66. The van der Waals surface area contributed by atoms with Crippen molar-refractivity contribution in [3.05, 3.63) is 98.9 Å². The molecule has 0 aromatic heterocycles. The first-order chi connectivity index (χ1) is 13.5. The maximum absolute atomic E-state index is 13.0. The molecule has 0 saturated heterocycles. The molecule has 0 amide bonds. The molecule has 3 nitrogen and oxygen atoms in total. The van der Waals surface area contributed by atoms with Crippen molar-refractivity contribution in [3.8, 4) is 11.5 Å². The van der Waals surface area contributed by atoms with Gasteiger partial charge in [-0.05, 0) is 94.9 Å². The first kappa shape index (κ1) is 20.1. The molecular weight excluding hydrogens is 470 g/mol. The lowest BCUT2D eigenvalue weighted by Gasteiger charge is -2.11. The number of halogens is 2. The minimum Gasteiger partial charge on any atom is -0.496 e. The Morgan fingerprint density at radius 2 is 1.75 bits per heavy atom. The monoisotopic (exact) mass is 488 g/mol. The Balaban J connectivity index is 1.73. The van der Waals surface area contributed by atoms with Crippen LogP contribution in [0.2, 0.25) is 0 Å². The summed E-state index contributed by atoms with van der Waals surface area (Å²) in [5.74, 6) is 0.934. The van der Waals surface area contributed by atoms with E-state index in [1.165, 1.54) is 30.3 Å². The van der Waals surface area contributed by atoms with Crippen LogP contribution in [0, 0.1) is 9.39 Å². The third-order valence-corrected chi connectivity index (χ3v) is 4.79. The average molecular weight is 488 g/mol. The third kappa shape index (κ3) is 5.42. The fourth-order valence-electron chi connectivity index (χ4n) is 2.59. The van der Waals surface area contributed by atoms with Gasteiger partial charge in [-0.3, -0.25) is 4.79 Å².